The summed E-state index contributed by atoms with van der Waals surface area (Å²) in [7, 11) is 0. The highest BCUT2D eigenvalue weighted by Gasteiger charge is 2.53. The van der Waals surface area contributed by atoms with Crippen LogP contribution in [0, 0.1) is 5.41 Å². The van der Waals surface area contributed by atoms with Gasteiger partial charge >= 0.3 is 11.9 Å². The van der Waals surface area contributed by atoms with Crippen LogP contribution in [0.25, 0.3) is 0 Å². The van der Waals surface area contributed by atoms with E-state index in [4.69, 9.17) is 9.47 Å². The van der Waals surface area contributed by atoms with E-state index in [1.54, 1.807) is 20.0 Å². The minimum atomic E-state index is -1.28. The van der Waals surface area contributed by atoms with E-state index in [-0.39, 0.29) is 25.6 Å². The molecule has 0 aromatic carbocycles. The van der Waals surface area contributed by atoms with Crippen molar-refractivity contribution >= 4 is 11.9 Å². The summed E-state index contributed by atoms with van der Waals surface area (Å²) in [4.78, 5) is 30.1. The lowest BCUT2D eigenvalue weighted by molar-refractivity contribution is -0.173. The molecule has 5 heteroatoms. The number of unbranched alkanes of at least 4 members (excludes halogenated alkanes) is 3. The third kappa shape index (κ3) is 4.43. The van der Waals surface area contributed by atoms with Crippen molar-refractivity contribution in [3.63, 3.8) is 0 Å². The number of fused-ring (bicyclic) bond motifs is 1. The molecule has 0 amide bonds. The van der Waals surface area contributed by atoms with Gasteiger partial charge in [0, 0.05) is 18.3 Å². The van der Waals surface area contributed by atoms with Gasteiger partial charge in [0.1, 0.15) is 0 Å². The van der Waals surface area contributed by atoms with Crippen molar-refractivity contribution in [1.82, 2.24) is 4.98 Å². The van der Waals surface area contributed by atoms with Crippen LogP contribution < -0.4 is 0 Å². The van der Waals surface area contributed by atoms with E-state index >= 15 is 0 Å². The first-order valence-electron chi connectivity index (χ1n) is 9.87. The highest BCUT2D eigenvalue weighted by atomic mass is 16.6. The van der Waals surface area contributed by atoms with Gasteiger partial charge in [0.15, 0.2) is 5.41 Å². The maximum absolute atomic E-state index is 12.8. The number of carbonyl (C=O) groups excluding carboxylic acids is 2. The number of aromatic nitrogens is 1. The van der Waals surface area contributed by atoms with Crippen LogP contribution in [-0.4, -0.2) is 30.1 Å². The molecule has 1 aliphatic carbocycles. The van der Waals surface area contributed by atoms with Crippen LogP contribution in [0.3, 0.4) is 0 Å². The molecule has 0 saturated carbocycles. The van der Waals surface area contributed by atoms with Crippen LogP contribution in [0.1, 0.15) is 76.5 Å². The van der Waals surface area contributed by atoms with E-state index in [0.29, 0.717) is 6.42 Å². The van der Waals surface area contributed by atoms with Crippen LogP contribution in [0.2, 0.25) is 0 Å². The zero-order valence-electron chi connectivity index (χ0n) is 16.3. The fourth-order valence-corrected chi connectivity index (χ4v) is 3.87. The molecule has 1 aromatic heterocycles. The summed E-state index contributed by atoms with van der Waals surface area (Å²) >= 11 is 0. The Morgan fingerprint density at radius 3 is 2.42 bits per heavy atom. The number of nitrogens with zero attached hydrogens (tertiary/aromatic N) is 1. The molecule has 1 aromatic rings. The average molecular weight is 361 g/mol. The van der Waals surface area contributed by atoms with Crippen molar-refractivity contribution in [3.8, 4) is 0 Å². The molecule has 5 nitrogen and oxygen atoms in total. The third-order valence-corrected chi connectivity index (χ3v) is 5.17. The highest BCUT2D eigenvalue weighted by molar-refractivity contribution is 6.00. The SMILES string of the molecule is CCCCCCC1CC(C(=O)OCC)(C(=O)OCC)Cc2ncccc21. The Hall–Kier alpha value is -1.91. The molecule has 0 radical (unpaired) electrons. The lowest BCUT2D eigenvalue weighted by atomic mass is 9.67. The topological polar surface area (TPSA) is 65.5 Å². The van der Waals surface area contributed by atoms with Crippen molar-refractivity contribution in [2.45, 2.75) is 71.6 Å². The molecule has 1 aliphatic rings. The molecular formula is C21H31NO4. The largest absolute Gasteiger partial charge is 0.465 e. The Morgan fingerprint density at radius 1 is 1.12 bits per heavy atom. The maximum atomic E-state index is 12.8. The van der Waals surface area contributed by atoms with Crippen molar-refractivity contribution in [2.24, 2.45) is 5.41 Å². The van der Waals surface area contributed by atoms with Gasteiger partial charge in [-0.1, -0.05) is 38.7 Å². The smallest absolute Gasteiger partial charge is 0.323 e. The quantitative estimate of drug-likeness (QED) is 0.375. The number of pyridine rings is 1. The van der Waals surface area contributed by atoms with E-state index in [1.807, 2.05) is 6.07 Å². The van der Waals surface area contributed by atoms with Crippen molar-refractivity contribution in [2.75, 3.05) is 13.2 Å². The molecular weight excluding hydrogens is 330 g/mol. The van der Waals surface area contributed by atoms with Gasteiger partial charge in [0.05, 0.1) is 13.2 Å². The van der Waals surface area contributed by atoms with Gasteiger partial charge < -0.3 is 9.47 Å². The summed E-state index contributed by atoms with van der Waals surface area (Å²) in [6.45, 7) is 6.20. The zero-order chi connectivity index (χ0) is 19.0. The van der Waals surface area contributed by atoms with Gasteiger partial charge in [0.2, 0.25) is 0 Å². The number of hydrogen-bond acceptors (Lipinski definition) is 5. The van der Waals surface area contributed by atoms with E-state index < -0.39 is 17.4 Å². The van der Waals surface area contributed by atoms with Crippen molar-refractivity contribution in [3.05, 3.63) is 29.6 Å². The Kier molecular flexibility index (Phi) is 7.61. The van der Waals surface area contributed by atoms with Crippen molar-refractivity contribution in [1.29, 1.82) is 0 Å². The molecule has 1 heterocycles. The van der Waals surface area contributed by atoms with Crippen LogP contribution in [0.15, 0.2) is 18.3 Å². The van der Waals surface area contributed by atoms with Gasteiger partial charge in [0.25, 0.3) is 0 Å². The van der Waals surface area contributed by atoms with E-state index in [9.17, 15) is 9.59 Å². The Morgan fingerprint density at radius 2 is 1.81 bits per heavy atom. The van der Waals surface area contributed by atoms with Crippen LogP contribution in [-0.2, 0) is 25.5 Å². The predicted octanol–water partition coefficient (Wildman–Crippen LogP) is 4.19. The molecule has 26 heavy (non-hydrogen) atoms. The maximum Gasteiger partial charge on any atom is 0.323 e. The lowest BCUT2D eigenvalue weighted by Crippen LogP contribution is -2.47. The standard InChI is InChI=1S/C21H31NO4/c1-4-7-8-9-11-16-14-21(19(23)25-5-2,20(24)26-6-3)15-18-17(16)12-10-13-22-18/h10,12-13,16H,4-9,11,14-15H2,1-3H3. The monoisotopic (exact) mass is 361 g/mol. The van der Waals surface area contributed by atoms with E-state index in [1.165, 1.54) is 12.8 Å². The third-order valence-electron chi connectivity index (χ3n) is 5.17. The fourth-order valence-electron chi connectivity index (χ4n) is 3.87. The summed E-state index contributed by atoms with van der Waals surface area (Å²) < 4.78 is 10.6. The Bertz CT molecular complexity index is 596. The molecule has 0 fully saturated rings. The summed E-state index contributed by atoms with van der Waals surface area (Å²) in [5.74, 6) is -0.834. The molecule has 0 N–H and O–H groups in total. The second kappa shape index (κ2) is 9.70. The Balaban J connectivity index is 2.34. The van der Waals surface area contributed by atoms with Crippen LogP contribution in [0.5, 0.6) is 0 Å². The van der Waals surface area contributed by atoms with Gasteiger partial charge in [-0.2, -0.15) is 0 Å². The molecule has 0 saturated heterocycles. The molecule has 144 valence electrons. The molecule has 0 bridgehead atoms. The first-order chi connectivity index (χ1) is 12.6. The minimum absolute atomic E-state index is 0.123. The van der Waals surface area contributed by atoms with Gasteiger partial charge in [-0.15, -0.1) is 0 Å². The summed E-state index contributed by atoms with van der Waals surface area (Å²) in [5.41, 5.74) is 0.705. The fraction of sp³-hybridized carbons (Fsp3) is 0.667. The predicted molar refractivity (Wildman–Crippen MR) is 99.8 cm³/mol. The van der Waals surface area contributed by atoms with Crippen molar-refractivity contribution < 1.29 is 19.1 Å². The average Bonchev–Trinajstić information content (AvgIpc) is 2.65. The number of rotatable bonds is 9. The van der Waals surface area contributed by atoms with Gasteiger partial charge in [-0.05, 0) is 44.2 Å². The number of carbonyl (C=O) groups is 2. The second-order valence-corrected chi connectivity index (χ2v) is 6.99. The Labute approximate surface area is 156 Å². The first-order valence-corrected chi connectivity index (χ1v) is 9.87. The molecule has 2 rings (SSSR count). The number of ether oxygens (including phenoxy) is 2. The molecule has 1 unspecified atom stereocenters. The highest BCUT2D eigenvalue weighted by Crippen LogP contribution is 2.45. The molecule has 1 atom stereocenters. The number of esters is 2. The number of hydrogen-bond donors (Lipinski definition) is 0. The van der Waals surface area contributed by atoms with Gasteiger partial charge in [-0.25, -0.2) is 0 Å². The zero-order valence-corrected chi connectivity index (χ0v) is 16.3. The second-order valence-electron chi connectivity index (χ2n) is 6.99. The summed E-state index contributed by atoms with van der Waals surface area (Å²) in [6, 6.07) is 4.01. The summed E-state index contributed by atoms with van der Waals surface area (Å²) in [6.07, 6.45) is 7.98. The van der Waals surface area contributed by atoms with Crippen LogP contribution >= 0.6 is 0 Å². The normalized spacial score (nSPS) is 18.0. The lowest BCUT2D eigenvalue weighted by Gasteiger charge is -2.37. The molecule has 0 spiro atoms. The van der Waals surface area contributed by atoms with E-state index in [2.05, 4.69) is 18.0 Å². The summed E-state index contributed by atoms with van der Waals surface area (Å²) in [5, 5.41) is 0. The minimum Gasteiger partial charge on any atom is -0.465 e. The van der Waals surface area contributed by atoms with Crippen LogP contribution in [0.4, 0.5) is 0 Å². The van der Waals surface area contributed by atoms with Gasteiger partial charge in [-0.3, -0.25) is 14.6 Å². The molecule has 0 aliphatic heterocycles. The first kappa shape index (κ1) is 20.4. The van der Waals surface area contributed by atoms with E-state index in [0.717, 1.165) is 30.5 Å².